The van der Waals surface area contributed by atoms with Crippen molar-refractivity contribution >= 4 is 17.4 Å². The van der Waals surface area contributed by atoms with Gasteiger partial charge in [-0.3, -0.25) is 0 Å². The number of fused-ring (bicyclic) bond motifs is 1. The molecular formula is C19H23N3O. The van der Waals surface area contributed by atoms with E-state index in [-0.39, 0.29) is 6.03 Å². The molecule has 2 N–H and O–H groups in total. The monoisotopic (exact) mass is 309 g/mol. The molecule has 0 aliphatic carbocycles. The van der Waals surface area contributed by atoms with Crippen LogP contribution in [0.3, 0.4) is 0 Å². The van der Waals surface area contributed by atoms with Crippen LogP contribution in [0.1, 0.15) is 22.3 Å². The molecule has 2 aromatic rings. The third kappa shape index (κ3) is 3.54. The maximum absolute atomic E-state index is 12.2. The van der Waals surface area contributed by atoms with Crippen LogP contribution in [-0.4, -0.2) is 24.5 Å². The van der Waals surface area contributed by atoms with Gasteiger partial charge in [0.1, 0.15) is 0 Å². The number of hydrogen-bond acceptors (Lipinski definition) is 2. The maximum atomic E-state index is 12.2. The molecule has 120 valence electrons. The second-order valence-electron chi connectivity index (χ2n) is 6.30. The molecule has 4 heteroatoms. The quantitative estimate of drug-likeness (QED) is 0.882. The lowest BCUT2D eigenvalue weighted by molar-refractivity contribution is 0.262. The summed E-state index contributed by atoms with van der Waals surface area (Å²) in [7, 11) is 2.12. The first-order valence-corrected chi connectivity index (χ1v) is 7.97. The normalized spacial score (nSPS) is 14.2. The van der Waals surface area contributed by atoms with Crippen LogP contribution in [0.15, 0.2) is 36.4 Å². The summed E-state index contributed by atoms with van der Waals surface area (Å²) < 4.78 is 0. The van der Waals surface area contributed by atoms with Crippen molar-refractivity contribution < 1.29 is 4.79 Å². The molecular weight excluding hydrogens is 286 g/mol. The van der Waals surface area contributed by atoms with E-state index in [4.69, 9.17) is 0 Å². The van der Waals surface area contributed by atoms with E-state index in [2.05, 4.69) is 34.7 Å². The first kappa shape index (κ1) is 15.6. The Morgan fingerprint density at radius 3 is 2.74 bits per heavy atom. The summed E-state index contributed by atoms with van der Waals surface area (Å²) in [5.74, 6) is 0. The number of aryl methyl sites for hydroxylation is 1. The van der Waals surface area contributed by atoms with Crippen molar-refractivity contribution in [1.82, 2.24) is 4.90 Å². The lowest BCUT2D eigenvalue weighted by Gasteiger charge is -2.25. The number of benzene rings is 2. The minimum Gasteiger partial charge on any atom is -0.308 e. The van der Waals surface area contributed by atoms with Crippen molar-refractivity contribution in [2.45, 2.75) is 26.8 Å². The van der Waals surface area contributed by atoms with Crippen LogP contribution >= 0.6 is 0 Å². The van der Waals surface area contributed by atoms with Crippen molar-refractivity contribution in [2.24, 2.45) is 0 Å². The van der Waals surface area contributed by atoms with Gasteiger partial charge >= 0.3 is 6.03 Å². The van der Waals surface area contributed by atoms with E-state index in [0.29, 0.717) is 0 Å². The van der Waals surface area contributed by atoms with E-state index in [1.165, 1.54) is 16.7 Å². The molecule has 1 aliphatic rings. The van der Waals surface area contributed by atoms with Crippen LogP contribution in [0.25, 0.3) is 0 Å². The number of nitrogens with one attached hydrogen (secondary N) is 2. The molecule has 1 aliphatic heterocycles. The second-order valence-corrected chi connectivity index (χ2v) is 6.30. The Balaban J connectivity index is 1.71. The number of amides is 2. The van der Waals surface area contributed by atoms with Gasteiger partial charge in [-0.05, 0) is 67.8 Å². The van der Waals surface area contributed by atoms with Crippen LogP contribution in [0.5, 0.6) is 0 Å². The molecule has 1 heterocycles. The average Bonchev–Trinajstić information content (AvgIpc) is 2.51. The lowest BCUT2D eigenvalue weighted by atomic mass is 9.99. The number of carbonyl (C=O) groups excluding carboxylic acids is 1. The molecule has 0 saturated carbocycles. The molecule has 0 bridgehead atoms. The Kier molecular flexibility index (Phi) is 4.35. The standard InChI is InChI=1S/C19H23N3O/c1-13-5-4-6-18(14(13)2)21-19(23)20-17-8-7-15-9-10-22(3)12-16(15)11-17/h4-8,11H,9-10,12H2,1-3H3,(H2,20,21,23). The van der Waals surface area contributed by atoms with Gasteiger partial charge < -0.3 is 15.5 Å². The molecule has 0 unspecified atom stereocenters. The molecule has 4 nitrogen and oxygen atoms in total. The topological polar surface area (TPSA) is 44.4 Å². The zero-order chi connectivity index (χ0) is 16.4. The van der Waals surface area contributed by atoms with Crippen molar-refractivity contribution in [1.29, 1.82) is 0 Å². The summed E-state index contributed by atoms with van der Waals surface area (Å²) >= 11 is 0. The Labute approximate surface area is 137 Å². The predicted octanol–water partition coefficient (Wildman–Crippen LogP) is 3.94. The van der Waals surface area contributed by atoms with Gasteiger partial charge in [0, 0.05) is 24.5 Å². The number of likely N-dealkylation sites (N-methyl/N-ethyl adjacent to an activating group) is 1. The summed E-state index contributed by atoms with van der Waals surface area (Å²) in [6, 6.07) is 11.9. The van der Waals surface area contributed by atoms with Gasteiger partial charge in [0.05, 0.1) is 0 Å². The fourth-order valence-corrected chi connectivity index (χ4v) is 2.95. The Morgan fingerprint density at radius 1 is 1.09 bits per heavy atom. The minimum atomic E-state index is -0.206. The summed E-state index contributed by atoms with van der Waals surface area (Å²) in [5, 5.41) is 5.86. The van der Waals surface area contributed by atoms with Gasteiger partial charge in [0.2, 0.25) is 0 Å². The summed E-state index contributed by atoms with van der Waals surface area (Å²) in [4.78, 5) is 14.5. The van der Waals surface area contributed by atoms with Crippen LogP contribution in [0.2, 0.25) is 0 Å². The van der Waals surface area contributed by atoms with Crippen LogP contribution in [0, 0.1) is 13.8 Å². The molecule has 2 aromatic carbocycles. The number of carbonyl (C=O) groups is 1. The van der Waals surface area contributed by atoms with Crippen LogP contribution in [0.4, 0.5) is 16.2 Å². The van der Waals surface area contributed by atoms with Gasteiger partial charge in [0.15, 0.2) is 0 Å². The third-order valence-electron chi connectivity index (χ3n) is 4.52. The molecule has 0 aromatic heterocycles. The highest BCUT2D eigenvalue weighted by molar-refractivity contribution is 6.00. The van der Waals surface area contributed by atoms with E-state index in [0.717, 1.165) is 36.4 Å². The summed E-state index contributed by atoms with van der Waals surface area (Å²) in [6.07, 6.45) is 1.07. The second kappa shape index (κ2) is 6.42. The number of rotatable bonds is 2. The van der Waals surface area contributed by atoms with E-state index in [9.17, 15) is 4.79 Å². The van der Waals surface area contributed by atoms with Crippen molar-refractivity contribution in [2.75, 3.05) is 24.2 Å². The Hall–Kier alpha value is -2.33. The number of hydrogen-bond donors (Lipinski definition) is 2. The summed E-state index contributed by atoms with van der Waals surface area (Å²) in [5.41, 5.74) is 6.61. The first-order valence-electron chi connectivity index (χ1n) is 7.97. The van der Waals surface area contributed by atoms with Gasteiger partial charge in [-0.25, -0.2) is 4.79 Å². The fourth-order valence-electron chi connectivity index (χ4n) is 2.95. The zero-order valence-corrected chi connectivity index (χ0v) is 13.9. The highest BCUT2D eigenvalue weighted by Crippen LogP contribution is 2.22. The molecule has 3 rings (SSSR count). The van der Waals surface area contributed by atoms with E-state index in [1.54, 1.807) is 0 Å². The van der Waals surface area contributed by atoms with Gasteiger partial charge in [0.25, 0.3) is 0 Å². The van der Waals surface area contributed by atoms with Crippen LogP contribution < -0.4 is 10.6 Å². The molecule has 0 saturated heterocycles. The van der Waals surface area contributed by atoms with Gasteiger partial charge in [-0.1, -0.05) is 18.2 Å². The number of anilines is 2. The highest BCUT2D eigenvalue weighted by atomic mass is 16.2. The van der Waals surface area contributed by atoms with Gasteiger partial charge in [-0.2, -0.15) is 0 Å². The Morgan fingerprint density at radius 2 is 1.91 bits per heavy atom. The molecule has 0 spiro atoms. The molecule has 0 fully saturated rings. The molecule has 2 amide bonds. The van der Waals surface area contributed by atoms with Crippen molar-refractivity contribution in [3.63, 3.8) is 0 Å². The van der Waals surface area contributed by atoms with Crippen molar-refractivity contribution in [3.8, 4) is 0 Å². The van der Waals surface area contributed by atoms with E-state index in [1.807, 2.05) is 38.1 Å². The molecule has 0 atom stereocenters. The average molecular weight is 309 g/mol. The third-order valence-corrected chi connectivity index (χ3v) is 4.52. The predicted molar refractivity (Wildman–Crippen MR) is 95.0 cm³/mol. The fraction of sp³-hybridized carbons (Fsp3) is 0.316. The maximum Gasteiger partial charge on any atom is 0.323 e. The first-order chi connectivity index (χ1) is 11.0. The minimum absolute atomic E-state index is 0.206. The SMILES string of the molecule is Cc1cccc(NC(=O)Nc2ccc3c(c2)CN(C)CC3)c1C. The lowest BCUT2D eigenvalue weighted by Crippen LogP contribution is -2.27. The number of nitrogens with zero attached hydrogens (tertiary/aromatic N) is 1. The number of urea groups is 1. The Bertz CT molecular complexity index is 739. The molecule has 0 radical (unpaired) electrons. The smallest absolute Gasteiger partial charge is 0.308 e. The molecule has 23 heavy (non-hydrogen) atoms. The summed E-state index contributed by atoms with van der Waals surface area (Å²) in [6.45, 7) is 6.08. The largest absolute Gasteiger partial charge is 0.323 e. The zero-order valence-electron chi connectivity index (χ0n) is 13.9. The van der Waals surface area contributed by atoms with E-state index >= 15 is 0 Å². The van der Waals surface area contributed by atoms with Gasteiger partial charge in [-0.15, -0.1) is 0 Å². The van der Waals surface area contributed by atoms with Crippen molar-refractivity contribution in [3.05, 3.63) is 58.7 Å². The van der Waals surface area contributed by atoms with E-state index < -0.39 is 0 Å². The highest BCUT2D eigenvalue weighted by Gasteiger charge is 2.14. The van der Waals surface area contributed by atoms with Crippen LogP contribution in [-0.2, 0) is 13.0 Å².